The van der Waals surface area contributed by atoms with E-state index >= 15 is 0 Å². The van der Waals surface area contributed by atoms with Crippen molar-refractivity contribution in [3.8, 4) is 10.7 Å². The fourth-order valence-electron chi connectivity index (χ4n) is 2.61. The van der Waals surface area contributed by atoms with Gasteiger partial charge in [-0.1, -0.05) is 11.2 Å². The number of thiophene rings is 1. The molecule has 0 radical (unpaired) electrons. The molecule has 0 fully saturated rings. The van der Waals surface area contributed by atoms with Crippen molar-refractivity contribution in [3.63, 3.8) is 0 Å². The number of hydrogen-bond donors (Lipinski definition) is 1. The average Bonchev–Trinajstić information content (AvgIpc) is 3.29. The zero-order valence-electron chi connectivity index (χ0n) is 13.7. The number of carbonyl (C=O) groups excluding carboxylic acids is 1. The van der Waals surface area contributed by atoms with Gasteiger partial charge in [0.15, 0.2) is 0 Å². The smallest absolute Gasteiger partial charge is 0.252 e. The first-order valence-electron chi connectivity index (χ1n) is 7.82. The summed E-state index contributed by atoms with van der Waals surface area (Å²) >= 11 is 1.50. The topological polar surface area (TPSA) is 80.9 Å². The molecule has 0 saturated heterocycles. The van der Waals surface area contributed by atoms with Crippen molar-refractivity contribution < 1.29 is 13.7 Å². The first-order valence-corrected chi connectivity index (χ1v) is 8.70. The summed E-state index contributed by atoms with van der Waals surface area (Å²) in [7, 11) is 0. The van der Waals surface area contributed by atoms with Gasteiger partial charge in [-0.25, -0.2) is 4.39 Å². The SMILES string of the molecule is Cc1cc(C(=O)NCc2nc(-c3cccs3)no2)c2ccc(F)cc2n1. The van der Waals surface area contributed by atoms with Crippen LogP contribution in [-0.4, -0.2) is 21.0 Å². The Labute approximate surface area is 151 Å². The highest BCUT2D eigenvalue weighted by Gasteiger charge is 2.15. The van der Waals surface area contributed by atoms with Crippen LogP contribution in [0.3, 0.4) is 0 Å². The number of nitrogens with zero attached hydrogens (tertiary/aromatic N) is 3. The van der Waals surface area contributed by atoms with E-state index in [1.807, 2.05) is 17.5 Å². The predicted molar refractivity (Wildman–Crippen MR) is 95.2 cm³/mol. The van der Waals surface area contributed by atoms with Gasteiger partial charge in [0.2, 0.25) is 11.7 Å². The third-order valence-corrected chi connectivity index (χ3v) is 4.62. The van der Waals surface area contributed by atoms with Gasteiger partial charge in [-0.3, -0.25) is 9.78 Å². The molecule has 3 aromatic heterocycles. The lowest BCUT2D eigenvalue weighted by atomic mass is 10.1. The molecule has 0 spiro atoms. The molecule has 0 saturated carbocycles. The summed E-state index contributed by atoms with van der Waals surface area (Å²) in [6.45, 7) is 1.85. The van der Waals surface area contributed by atoms with E-state index in [9.17, 15) is 9.18 Å². The number of aromatic nitrogens is 3. The van der Waals surface area contributed by atoms with Crippen molar-refractivity contribution in [1.29, 1.82) is 0 Å². The molecular formula is C18H13FN4O2S. The van der Waals surface area contributed by atoms with Crippen LogP contribution >= 0.6 is 11.3 Å². The van der Waals surface area contributed by atoms with E-state index in [1.54, 1.807) is 19.1 Å². The van der Waals surface area contributed by atoms with Gasteiger partial charge in [-0.15, -0.1) is 11.3 Å². The van der Waals surface area contributed by atoms with Crippen molar-refractivity contribution in [2.45, 2.75) is 13.5 Å². The summed E-state index contributed by atoms with van der Waals surface area (Å²) in [5.74, 6) is 0.0877. The molecule has 0 aliphatic carbocycles. The zero-order valence-corrected chi connectivity index (χ0v) is 14.5. The van der Waals surface area contributed by atoms with Gasteiger partial charge in [0.05, 0.1) is 22.5 Å². The molecule has 1 amide bonds. The number of halogens is 1. The molecule has 0 atom stereocenters. The Hall–Kier alpha value is -3.13. The number of fused-ring (bicyclic) bond motifs is 1. The van der Waals surface area contributed by atoms with Gasteiger partial charge in [0, 0.05) is 17.1 Å². The monoisotopic (exact) mass is 368 g/mol. The summed E-state index contributed by atoms with van der Waals surface area (Å²) in [5.41, 5.74) is 1.49. The number of carbonyl (C=O) groups is 1. The fraction of sp³-hybridized carbons (Fsp3) is 0.111. The Morgan fingerprint density at radius 2 is 2.15 bits per heavy atom. The van der Waals surface area contributed by atoms with Crippen LogP contribution < -0.4 is 5.32 Å². The molecular weight excluding hydrogens is 355 g/mol. The Morgan fingerprint density at radius 3 is 2.96 bits per heavy atom. The number of hydrogen-bond acceptors (Lipinski definition) is 6. The predicted octanol–water partition coefficient (Wildman–Crippen LogP) is 3.72. The molecule has 0 aliphatic heterocycles. The number of benzene rings is 1. The lowest BCUT2D eigenvalue weighted by Gasteiger charge is -2.08. The fourth-order valence-corrected chi connectivity index (χ4v) is 3.25. The van der Waals surface area contributed by atoms with Crippen LogP contribution in [0.25, 0.3) is 21.6 Å². The Bertz CT molecular complexity index is 1090. The molecule has 4 aromatic rings. The van der Waals surface area contributed by atoms with E-state index in [4.69, 9.17) is 4.52 Å². The average molecular weight is 368 g/mol. The second kappa shape index (κ2) is 6.64. The number of amides is 1. The first kappa shape index (κ1) is 16.3. The van der Waals surface area contributed by atoms with Gasteiger partial charge < -0.3 is 9.84 Å². The zero-order chi connectivity index (χ0) is 18.1. The highest BCUT2D eigenvalue weighted by Crippen LogP contribution is 2.22. The van der Waals surface area contributed by atoms with Gasteiger partial charge in [-0.2, -0.15) is 4.98 Å². The van der Waals surface area contributed by atoms with Gasteiger partial charge >= 0.3 is 0 Å². The third kappa shape index (κ3) is 3.18. The largest absolute Gasteiger partial charge is 0.343 e. The summed E-state index contributed by atoms with van der Waals surface area (Å²) in [4.78, 5) is 22.0. The second-order valence-electron chi connectivity index (χ2n) is 5.64. The van der Waals surface area contributed by atoms with Crippen LogP contribution in [0.1, 0.15) is 21.9 Å². The molecule has 8 heteroatoms. The highest BCUT2D eigenvalue weighted by atomic mass is 32.1. The molecule has 130 valence electrons. The molecule has 0 bridgehead atoms. The Kier molecular flexibility index (Phi) is 4.18. The number of aryl methyl sites for hydroxylation is 1. The van der Waals surface area contributed by atoms with Gasteiger partial charge in [0.25, 0.3) is 5.91 Å². The molecule has 0 unspecified atom stereocenters. The van der Waals surface area contributed by atoms with E-state index in [-0.39, 0.29) is 12.5 Å². The Morgan fingerprint density at radius 1 is 1.27 bits per heavy atom. The highest BCUT2D eigenvalue weighted by molar-refractivity contribution is 7.13. The Balaban J connectivity index is 1.55. The van der Waals surface area contributed by atoms with Crippen molar-refractivity contribution >= 4 is 28.1 Å². The standard InChI is InChI=1S/C18H13FN4O2S/c1-10-7-13(12-5-4-11(19)8-14(12)21-10)18(24)20-9-16-22-17(23-25-16)15-3-2-6-26-15/h2-8H,9H2,1H3,(H,20,24). The van der Waals surface area contributed by atoms with Crippen molar-refractivity contribution in [1.82, 2.24) is 20.4 Å². The normalized spacial score (nSPS) is 11.0. The second-order valence-corrected chi connectivity index (χ2v) is 6.59. The minimum absolute atomic E-state index is 0.0985. The van der Waals surface area contributed by atoms with E-state index in [2.05, 4.69) is 20.4 Å². The maximum absolute atomic E-state index is 13.4. The molecule has 4 rings (SSSR count). The van der Waals surface area contributed by atoms with Gasteiger partial charge in [0.1, 0.15) is 5.82 Å². The van der Waals surface area contributed by atoms with E-state index in [0.29, 0.717) is 33.9 Å². The molecule has 1 aromatic carbocycles. The lowest BCUT2D eigenvalue weighted by Crippen LogP contribution is -2.23. The molecule has 6 nitrogen and oxygen atoms in total. The molecule has 26 heavy (non-hydrogen) atoms. The van der Waals surface area contributed by atoms with Gasteiger partial charge in [-0.05, 0) is 36.6 Å². The maximum atomic E-state index is 13.4. The van der Waals surface area contributed by atoms with Crippen LogP contribution in [-0.2, 0) is 6.54 Å². The number of rotatable bonds is 4. The summed E-state index contributed by atoms with van der Waals surface area (Å²) in [6, 6.07) is 9.63. The van der Waals surface area contributed by atoms with Crippen molar-refractivity contribution in [2.75, 3.05) is 0 Å². The molecule has 1 N–H and O–H groups in total. The minimum atomic E-state index is -0.395. The molecule has 3 heterocycles. The quantitative estimate of drug-likeness (QED) is 0.594. The minimum Gasteiger partial charge on any atom is -0.343 e. The van der Waals surface area contributed by atoms with Crippen molar-refractivity contribution in [3.05, 3.63) is 64.7 Å². The van der Waals surface area contributed by atoms with E-state index < -0.39 is 5.82 Å². The lowest BCUT2D eigenvalue weighted by molar-refractivity contribution is 0.0947. The number of nitrogens with one attached hydrogen (secondary N) is 1. The van der Waals surface area contributed by atoms with Crippen molar-refractivity contribution in [2.24, 2.45) is 0 Å². The third-order valence-electron chi connectivity index (χ3n) is 3.75. The summed E-state index contributed by atoms with van der Waals surface area (Å²) in [6.07, 6.45) is 0. The molecule has 0 aliphatic rings. The van der Waals surface area contributed by atoms with Crippen LogP contribution in [0.4, 0.5) is 4.39 Å². The van der Waals surface area contributed by atoms with E-state index in [1.165, 1.54) is 23.5 Å². The maximum Gasteiger partial charge on any atom is 0.252 e. The van der Waals surface area contributed by atoms with E-state index in [0.717, 1.165) is 4.88 Å². The van der Waals surface area contributed by atoms with Crippen LogP contribution in [0.15, 0.2) is 46.3 Å². The van der Waals surface area contributed by atoms with Crippen LogP contribution in [0, 0.1) is 12.7 Å². The summed E-state index contributed by atoms with van der Waals surface area (Å²) in [5, 5.41) is 9.17. The first-order chi connectivity index (χ1) is 12.6. The summed E-state index contributed by atoms with van der Waals surface area (Å²) < 4.78 is 18.6. The number of pyridine rings is 1. The van der Waals surface area contributed by atoms with Crippen LogP contribution in [0.5, 0.6) is 0 Å². The van der Waals surface area contributed by atoms with Crippen LogP contribution in [0.2, 0.25) is 0 Å².